The Morgan fingerprint density at radius 1 is 1.40 bits per heavy atom. The summed E-state index contributed by atoms with van der Waals surface area (Å²) in [7, 11) is 0. The summed E-state index contributed by atoms with van der Waals surface area (Å²) in [5, 5.41) is 3.48. The summed E-state index contributed by atoms with van der Waals surface area (Å²) in [5.74, 6) is 2.88. The van der Waals surface area contributed by atoms with Crippen molar-refractivity contribution in [1.82, 2.24) is 15.3 Å². The normalized spacial score (nSPS) is 26.7. The second-order valence-electron chi connectivity index (χ2n) is 4.79. The fourth-order valence-corrected chi connectivity index (χ4v) is 2.32. The van der Waals surface area contributed by atoms with Crippen molar-refractivity contribution < 1.29 is 0 Å². The summed E-state index contributed by atoms with van der Waals surface area (Å²) in [6.07, 6.45) is 9.29. The van der Waals surface area contributed by atoms with Crippen molar-refractivity contribution in [3.63, 3.8) is 0 Å². The van der Waals surface area contributed by atoms with Crippen molar-refractivity contribution in [1.29, 1.82) is 0 Å². The molecule has 1 fully saturated rings. The smallest absolute Gasteiger partial charge is 0.120 e. The van der Waals surface area contributed by atoms with Crippen LogP contribution in [0.15, 0.2) is 12.4 Å². The molecule has 0 unspecified atom stereocenters. The SMILES string of the molecule is CC1CCC(CNCc2ncc[nH]2)CC1. The van der Waals surface area contributed by atoms with E-state index in [-0.39, 0.29) is 0 Å². The molecular formula is C12H21N3. The molecule has 1 aliphatic carbocycles. The highest BCUT2D eigenvalue weighted by Gasteiger charge is 2.17. The van der Waals surface area contributed by atoms with E-state index in [4.69, 9.17) is 0 Å². The van der Waals surface area contributed by atoms with Crippen LogP contribution in [0.2, 0.25) is 0 Å². The third kappa shape index (κ3) is 3.34. The van der Waals surface area contributed by atoms with Gasteiger partial charge in [0.25, 0.3) is 0 Å². The van der Waals surface area contributed by atoms with Crippen molar-refractivity contribution in [2.45, 2.75) is 39.2 Å². The van der Waals surface area contributed by atoms with Gasteiger partial charge in [0.05, 0.1) is 6.54 Å². The lowest BCUT2D eigenvalue weighted by Crippen LogP contribution is -2.26. The maximum absolute atomic E-state index is 4.19. The van der Waals surface area contributed by atoms with E-state index >= 15 is 0 Å². The Kier molecular flexibility index (Phi) is 3.78. The summed E-state index contributed by atoms with van der Waals surface area (Å²) in [4.78, 5) is 7.30. The highest BCUT2D eigenvalue weighted by atomic mass is 15.0. The third-order valence-electron chi connectivity index (χ3n) is 3.42. The molecule has 3 nitrogen and oxygen atoms in total. The van der Waals surface area contributed by atoms with Gasteiger partial charge in [-0.05, 0) is 31.2 Å². The topological polar surface area (TPSA) is 40.7 Å². The molecule has 3 heteroatoms. The number of nitrogens with one attached hydrogen (secondary N) is 2. The van der Waals surface area contributed by atoms with Crippen LogP contribution < -0.4 is 5.32 Å². The highest BCUT2D eigenvalue weighted by molar-refractivity contribution is 4.86. The zero-order valence-electron chi connectivity index (χ0n) is 9.50. The van der Waals surface area contributed by atoms with Gasteiger partial charge in [-0.2, -0.15) is 0 Å². The van der Waals surface area contributed by atoms with Crippen LogP contribution in [-0.4, -0.2) is 16.5 Å². The summed E-state index contributed by atoms with van der Waals surface area (Å²) in [5.41, 5.74) is 0. The minimum absolute atomic E-state index is 0.874. The van der Waals surface area contributed by atoms with E-state index in [1.165, 1.54) is 25.7 Å². The van der Waals surface area contributed by atoms with Gasteiger partial charge in [0, 0.05) is 12.4 Å². The van der Waals surface area contributed by atoms with E-state index in [9.17, 15) is 0 Å². The molecule has 0 spiro atoms. The summed E-state index contributed by atoms with van der Waals surface area (Å²) < 4.78 is 0. The maximum atomic E-state index is 4.19. The van der Waals surface area contributed by atoms with E-state index in [0.717, 1.165) is 30.7 Å². The number of hydrogen-bond acceptors (Lipinski definition) is 2. The summed E-state index contributed by atoms with van der Waals surface area (Å²) in [6, 6.07) is 0. The van der Waals surface area contributed by atoms with Gasteiger partial charge in [0.2, 0.25) is 0 Å². The van der Waals surface area contributed by atoms with Crippen LogP contribution in [0.3, 0.4) is 0 Å². The van der Waals surface area contributed by atoms with E-state index in [2.05, 4.69) is 22.2 Å². The van der Waals surface area contributed by atoms with Gasteiger partial charge in [-0.15, -0.1) is 0 Å². The van der Waals surface area contributed by atoms with E-state index < -0.39 is 0 Å². The number of aromatic amines is 1. The molecule has 1 saturated carbocycles. The molecule has 0 aromatic carbocycles. The van der Waals surface area contributed by atoms with Crippen LogP contribution in [0.4, 0.5) is 0 Å². The first kappa shape index (κ1) is 10.7. The van der Waals surface area contributed by atoms with Gasteiger partial charge >= 0.3 is 0 Å². The maximum Gasteiger partial charge on any atom is 0.120 e. The molecule has 0 saturated heterocycles. The molecule has 2 N–H and O–H groups in total. The molecule has 1 aromatic rings. The Morgan fingerprint density at radius 3 is 2.87 bits per heavy atom. The fourth-order valence-electron chi connectivity index (χ4n) is 2.32. The Hall–Kier alpha value is -0.830. The van der Waals surface area contributed by atoms with Gasteiger partial charge in [-0.3, -0.25) is 0 Å². The number of aromatic nitrogens is 2. The lowest BCUT2D eigenvalue weighted by atomic mass is 9.83. The molecule has 1 aromatic heterocycles. The first-order valence-corrected chi connectivity index (χ1v) is 6.03. The molecule has 1 heterocycles. The Morgan fingerprint density at radius 2 is 2.20 bits per heavy atom. The van der Waals surface area contributed by atoms with Gasteiger partial charge in [0.1, 0.15) is 5.82 Å². The van der Waals surface area contributed by atoms with Gasteiger partial charge in [0.15, 0.2) is 0 Å². The lowest BCUT2D eigenvalue weighted by Gasteiger charge is -2.26. The minimum atomic E-state index is 0.874. The number of nitrogens with zero attached hydrogens (tertiary/aromatic N) is 1. The van der Waals surface area contributed by atoms with Crippen molar-refractivity contribution in [2.24, 2.45) is 11.8 Å². The quantitative estimate of drug-likeness (QED) is 0.795. The molecule has 84 valence electrons. The fraction of sp³-hybridized carbons (Fsp3) is 0.750. The molecule has 0 aliphatic heterocycles. The number of hydrogen-bond donors (Lipinski definition) is 2. The van der Waals surface area contributed by atoms with Gasteiger partial charge < -0.3 is 10.3 Å². The summed E-state index contributed by atoms with van der Waals surface area (Å²) in [6.45, 7) is 4.39. The predicted octanol–water partition coefficient (Wildman–Crippen LogP) is 2.33. The average Bonchev–Trinajstić information content (AvgIpc) is 2.74. The van der Waals surface area contributed by atoms with Crippen LogP contribution in [0.25, 0.3) is 0 Å². The van der Waals surface area contributed by atoms with E-state index in [0.29, 0.717) is 0 Å². The molecule has 0 atom stereocenters. The Labute approximate surface area is 91.7 Å². The lowest BCUT2D eigenvalue weighted by molar-refractivity contribution is 0.281. The van der Waals surface area contributed by atoms with Crippen molar-refractivity contribution >= 4 is 0 Å². The van der Waals surface area contributed by atoms with Crippen LogP contribution >= 0.6 is 0 Å². The zero-order valence-corrected chi connectivity index (χ0v) is 9.50. The molecule has 0 amide bonds. The van der Waals surface area contributed by atoms with Crippen LogP contribution in [-0.2, 0) is 6.54 Å². The standard InChI is InChI=1S/C12H21N3/c1-10-2-4-11(5-3-10)8-13-9-12-14-6-7-15-12/h6-7,10-11,13H,2-5,8-9H2,1H3,(H,14,15). The molecule has 0 radical (unpaired) electrons. The monoisotopic (exact) mass is 207 g/mol. The van der Waals surface area contributed by atoms with E-state index in [1.807, 2.05) is 6.20 Å². The molecule has 2 rings (SSSR count). The van der Waals surface area contributed by atoms with Crippen LogP contribution in [0.1, 0.15) is 38.4 Å². The largest absolute Gasteiger partial charge is 0.348 e. The molecular weight excluding hydrogens is 186 g/mol. The molecule has 1 aliphatic rings. The van der Waals surface area contributed by atoms with Gasteiger partial charge in [-0.1, -0.05) is 19.8 Å². The minimum Gasteiger partial charge on any atom is -0.348 e. The Bertz CT molecular complexity index is 260. The number of H-pyrrole nitrogens is 1. The first-order chi connectivity index (χ1) is 7.34. The van der Waals surface area contributed by atoms with E-state index in [1.54, 1.807) is 6.20 Å². The number of rotatable bonds is 4. The zero-order chi connectivity index (χ0) is 10.5. The predicted molar refractivity (Wildman–Crippen MR) is 61.4 cm³/mol. The molecule has 15 heavy (non-hydrogen) atoms. The van der Waals surface area contributed by atoms with Gasteiger partial charge in [-0.25, -0.2) is 4.98 Å². The van der Waals surface area contributed by atoms with Crippen LogP contribution in [0, 0.1) is 11.8 Å². The third-order valence-corrected chi connectivity index (χ3v) is 3.42. The van der Waals surface area contributed by atoms with Crippen LogP contribution in [0.5, 0.6) is 0 Å². The first-order valence-electron chi connectivity index (χ1n) is 6.03. The highest BCUT2D eigenvalue weighted by Crippen LogP contribution is 2.27. The average molecular weight is 207 g/mol. The summed E-state index contributed by atoms with van der Waals surface area (Å²) >= 11 is 0. The second-order valence-corrected chi connectivity index (χ2v) is 4.79. The van der Waals surface area contributed by atoms with Crippen molar-refractivity contribution in [3.8, 4) is 0 Å². The number of imidazole rings is 1. The second kappa shape index (κ2) is 5.31. The molecule has 0 bridgehead atoms. The van der Waals surface area contributed by atoms with Crippen molar-refractivity contribution in [2.75, 3.05) is 6.54 Å². The van der Waals surface area contributed by atoms with Crippen molar-refractivity contribution in [3.05, 3.63) is 18.2 Å². The Balaban J connectivity index is 1.62.